The van der Waals surface area contributed by atoms with Crippen molar-refractivity contribution in [2.24, 2.45) is 0 Å². The molecule has 144 valence electrons. The quantitative estimate of drug-likeness (QED) is 0.374. The lowest BCUT2D eigenvalue weighted by Crippen LogP contribution is -2.24. The number of fused-ring (bicyclic) bond motifs is 1. The molecule has 1 aromatic heterocycles. The van der Waals surface area contributed by atoms with Crippen molar-refractivity contribution in [2.75, 3.05) is 13.7 Å². The number of nitriles is 1. The second-order valence-corrected chi connectivity index (χ2v) is 9.06. The van der Waals surface area contributed by atoms with E-state index < -0.39 is 13.3 Å². The van der Waals surface area contributed by atoms with E-state index in [4.69, 9.17) is 20.9 Å². The molecule has 0 aliphatic rings. The van der Waals surface area contributed by atoms with E-state index in [9.17, 15) is 14.6 Å². The number of halogens is 1. The van der Waals surface area contributed by atoms with Crippen LogP contribution in [0.15, 0.2) is 42.5 Å². The molecule has 0 amide bonds. The first-order valence-electron chi connectivity index (χ1n) is 8.24. The Kier molecular flexibility index (Phi) is 5.87. The maximum atomic E-state index is 14.1. The Hall–Kier alpha value is -2.23. The SMILES string of the molecule is CCOC(=O)c1c(P(=O)(OC)c2cccc(C#N)c2)c2cc(Cl)ccc2n1S. The molecule has 1 atom stereocenters. The predicted octanol–water partition coefficient (Wildman–Crippen LogP) is 3.91. The summed E-state index contributed by atoms with van der Waals surface area (Å²) in [5.41, 5.74) is 0.842. The van der Waals surface area contributed by atoms with Gasteiger partial charge in [0.1, 0.15) is 0 Å². The van der Waals surface area contributed by atoms with Gasteiger partial charge >= 0.3 is 5.97 Å². The molecular weight excluding hydrogens is 419 g/mol. The van der Waals surface area contributed by atoms with E-state index in [2.05, 4.69) is 12.8 Å². The van der Waals surface area contributed by atoms with Crippen LogP contribution in [-0.4, -0.2) is 23.7 Å². The van der Waals surface area contributed by atoms with E-state index in [1.807, 2.05) is 6.07 Å². The molecule has 0 aliphatic heterocycles. The summed E-state index contributed by atoms with van der Waals surface area (Å²) >= 11 is 10.6. The van der Waals surface area contributed by atoms with Crippen LogP contribution < -0.4 is 10.6 Å². The third kappa shape index (κ3) is 3.34. The zero-order valence-corrected chi connectivity index (χ0v) is 17.6. The van der Waals surface area contributed by atoms with Crippen LogP contribution in [0, 0.1) is 11.3 Å². The molecule has 0 bridgehead atoms. The van der Waals surface area contributed by atoms with Crippen molar-refractivity contribution in [3.8, 4) is 6.07 Å². The van der Waals surface area contributed by atoms with E-state index in [1.165, 1.54) is 17.1 Å². The number of rotatable bonds is 5. The number of aromatic nitrogens is 1. The molecule has 0 saturated heterocycles. The van der Waals surface area contributed by atoms with Gasteiger partial charge in [-0.1, -0.05) is 30.5 Å². The lowest BCUT2D eigenvalue weighted by atomic mass is 10.2. The lowest BCUT2D eigenvalue weighted by molar-refractivity contribution is 0.0520. The molecule has 0 aliphatic carbocycles. The minimum atomic E-state index is -3.79. The van der Waals surface area contributed by atoms with E-state index >= 15 is 0 Å². The van der Waals surface area contributed by atoms with Gasteiger partial charge in [-0.2, -0.15) is 5.26 Å². The standard InChI is InChI=1S/C19H16ClN2O4PS/c1-3-26-19(23)17-18(15-10-13(20)7-8-16(15)22(17)28)27(24,25-2)14-6-4-5-12(9-14)11-21/h4-10,28H,3H2,1-2H3. The molecule has 9 heteroatoms. The van der Waals surface area contributed by atoms with Crippen molar-refractivity contribution < 1.29 is 18.6 Å². The van der Waals surface area contributed by atoms with Crippen molar-refractivity contribution in [3.63, 3.8) is 0 Å². The number of benzene rings is 2. The number of ether oxygens (including phenoxy) is 1. The van der Waals surface area contributed by atoms with Gasteiger partial charge in [-0.15, -0.1) is 0 Å². The number of hydrogen-bond acceptors (Lipinski definition) is 6. The Morgan fingerprint density at radius 2 is 2.07 bits per heavy atom. The average molecular weight is 435 g/mol. The van der Waals surface area contributed by atoms with Crippen LogP contribution in [0.25, 0.3) is 10.9 Å². The number of nitrogens with zero attached hydrogens (tertiary/aromatic N) is 2. The third-order valence-corrected chi connectivity index (χ3v) is 7.38. The van der Waals surface area contributed by atoms with Gasteiger partial charge in [-0.3, -0.25) is 8.54 Å². The zero-order chi connectivity index (χ0) is 20.5. The molecule has 0 spiro atoms. The zero-order valence-electron chi connectivity index (χ0n) is 15.0. The van der Waals surface area contributed by atoms with Gasteiger partial charge in [0.25, 0.3) is 7.37 Å². The van der Waals surface area contributed by atoms with Gasteiger partial charge in [0.2, 0.25) is 0 Å². The summed E-state index contributed by atoms with van der Waals surface area (Å²) in [6.07, 6.45) is 0. The molecular formula is C19H16ClN2O4PS. The highest BCUT2D eigenvalue weighted by molar-refractivity contribution is 7.79. The second-order valence-electron chi connectivity index (χ2n) is 5.79. The van der Waals surface area contributed by atoms with Gasteiger partial charge in [0.05, 0.1) is 29.1 Å². The maximum absolute atomic E-state index is 14.1. The third-order valence-electron chi connectivity index (χ3n) is 4.21. The number of carbonyl (C=O) groups is 1. The van der Waals surface area contributed by atoms with Crippen LogP contribution in [-0.2, 0) is 13.8 Å². The Bertz CT molecular complexity index is 1170. The molecule has 3 aromatic rings. The first-order valence-corrected chi connectivity index (χ1v) is 10.6. The number of esters is 1. The largest absolute Gasteiger partial charge is 0.461 e. The molecule has 0 fully saturated rings. The molecule has 1 unspecified atom stereocenters. The number of hydrogen-bond donors (Lipinski definition) is 1. The molecule has 1 heterocycles. The molecule has 0 saturated carbocycles. The smallest absolute Gasteiger partial charge is 0.356 e. The minimum Gasteiger partial charge on any atom is -0.461 e. The monoisotopic (exact) mass is 434 g/mol. The predicted molar refractivity (Wildman–Crippen MR) is 112 cm³/mol. The van der Waals surface area contributed by atoms with Crippen molar-refractivity contribution in [1.82, 2.24) is 3.97 Å². The topological polar surface area (TPSA) is 81.3 Å². The summed E-state index contributed by atoms with van der Waals surface area (Å²) in [6, 6.07) is 13.2. The Morgan fingerprint density at radius 3 is 2.71 bits per heavy atom. The fourth-order valence-electron chi connectivity index (χ4n) is 3.00. The minimum absolute atomic E-state index is 0.00464. The molecule has 3 rings (SSSR count). The van der Waals surface area contributed by atoms with Crippen LogP contribution in [0.3, 0.4) is 0 Å². The normalized spacial score (nSPS) is 13.1. The summed E-state index contributed by atoms with van der Waals surface area (Å²) in [5, 5.41) is 10.5. The van der Waals surface area contributed by atoms with Crippen LogP contribution in [0.5, 0.6) is 0 Å². The van der Waals surface area contributed by atoms with Gasteiger partial charge in [-0.25, -0.2) is 4.79 Å². The number of thiol groups is 1. The Balaban J connectivity index is 2.43. The van der Waals surface area contributed by atoms with Crippen molar-refractivity contribution in [3.05, 3.63) is 58.7 Å². The Morgan fingerprint density at radius 1 is 1.32 bits per heavy atom. The van der Waals surface area contributed by atoms with Crippen LogP contribution in [0.2, 0.25) is 5.02 Å². The van der Waals surface area contributed by atoms with Crippen LogP contribution in [0.1, 0.15) is 23.0 Å². The maximum Gasteiger partial charge on any atom is 0.356 e. The van der Waals surface area contributed by atoms with E-state index in [0.29, 0.717) is 21.5 Å². The summed E-state index contributed by atoms with van der Waals surface area (Å²) in [4.78, 5) is 12.7. The summed E-state index contributed by atoms with van der Waals surface area (Å²) < 4.78 is 26.1. The molecule has 2 aromatic carbocycles. The highest BCUT2D eigenvalue weighted by atomic mass is 35.5. The Labute approximate surface area is 172 Å². The van der Waals surface area contributed by atoms with Crippen molar-refractivity contribution in [1.29, 1.82) is 5.26 Å². The highest BCUT2D eigenvalue weighted by Crippen LogP contribution is 2.48. The first-order chi connectivity index (χ1) is 13.4. The van der Waals surface area contributed by atoms with E-state index in [1.54, 1.807) is 43.3 Å². The van der Waals surface area contributed by atoms with Crippen molar-refractivity contribution in [2.45, 2.75) is 6.92 Å². The fraction of sp³-hybridized carbons (Fsp3) is 0.158. The molecule has 0 radical (unpaired) electrons. The first kappa shape index (κ1) is 20.5. The summed E-state index contributed by atoms with van der Waals surface area (Å²) in [7, 11) is -2.49. The van der Waals surface area contributed by atoms with E-state index in [0.717, 1.165) is 0 Å². The number of carbonyl (C=O) groups excluding carboxylic acids is 1. The molecule has 6 nitrogen and oxygen atoms in total. The van der Waals surface area contributed by atoms with E-state index in [-0.39, 0.29) is 22.9 Å². The molecule has 28 heavy (non-hydrogen) atoms. The van der Waals surface area contributed by atoms with Crippen LogP contribution >= 0.6 is 31.8 Å². The fourth-order valence-corrected chi connectivity index (χ4v) is 5.81. The van der Waals surface area contributed by atoms with Gasteiger partial charge in [-0.05, 0) is 43.3 Å². The molecule has 0 N–H and O–H groups in total. The lowest BCUT2D eigenvalue weighted by Gasteiger charge is -2.18. The van der Waals surface area contributed by atoms with Crippen LogP contribution in [0.4, 0.5) is 0 Å². The second kappa shape index (κ2) is 8.02. The van der Waals surface area contributed by atoms with Gasteiger partial charge in [0, 0.05) is 22.8 Å². The van der Waals surface area contributed by atoms with Gasteiger partial charge in [0.15, 0.2) is 5.69 Å². The summed E-state index contributed by atoms with van der Waals surface area (Å²) in [5.74, 6) is -0.687. The van der Waals surface area contributed by atoms with Gasteiger partial charge < -0.3 is 9.26 Å². The highest BCUT2D eigenvalue weighted by Gasteiger charge is 2.38. The average Bonchev–Trinajstić information content (AvgIpc) is 2.99. The summed E-state index contributed by atoms with van der Waals surface area (Å²) in [6.45, 7) is 1.81. The van der Waals surface area contributed by atoms with Crippen molar-refractivity contribution >= 4 is 59.3 Å².